The lowest BCUT2D eigenvalue weighted by molar-refractivity contribution is -0.655. The molecule has 5 nitrogen and oxygen atoms in total. The molecule has 1 amide bonds. The van der Waals surface area contributed by atoms with Crippen LogP contribution in [0.15, 0.2) is 54.0 Å². The first-order valence-electron chi connectivity index (χ1n) is 15.1. The summed E-state index contributed by atoms with van der Waals surface area (Å²) >= 11 is 1.68. The van der Waals surface area contributed by atoms with Gasteiger partial charge in [-0.1, -0.05) is 101 Å². The van der Waals surface area contributed by atoms with Crippen LogP contribution in [0.1, 0.15) is 107 Å². The number of amides is 1. The van der Waals surface area contributed by atoms with E-state index < -0.39 is 0 Å². The van der Waals surface area contributed by atoms with Crippen LogP contribution in [-0.2, 0) is 18.3 Å². The van der Waals surface area contributed by atoms with Crippen LogP contribution in [0, 0.1) is 0 Å². The van der Waals surface area contributed by atoms with E-state index in [4.69, 9.17) is 4.74 Å². The summed E-state index contributed by atoms with van der Waals surface area (Å²) in [5.41, 5.74) is 3.14. The van der Waals surface area contributed by atoms with Crippen molar-refractivity contribution in [1.82, 2.24) is 0 Å². The van der Waals surface area contributed by atoms with E-state index in [1.54, 1.807) is 24.3 Å². The molecule has 0 saturated carbocycles. The Morgan fingerprint density at radius 3 is 2.02 bits per heavy atom. The van der Waals surface area contributed by atoms with Crippen molar-refractivity contribution in [2.75, 3.05) is 11.9 Å². The van der Waals surface area contributed by atoms with Gasteiger partial charge in [-0.15, -0.1) is 0 Å². The normalized spacial score (nSPS) is 10.7. The van der Waals surface area contributed by atoms with Gasteiger partial charge in [0.15, 0.2) is 12.0 Å². The number of halogens is 1. The van der Waals surface area contributed by atoms with Gasteiger partial charge in [-0.3, -0.25) is 9.59 Å². The first-order chi connectivity index (χ1) is 19.5. The molecule has 1 aromatic heterocycles. The van der Waals surface area contributed by atoms with Gasteiger partial charge in [0.05, 0.1) is 29.5 Å². The molecule has 1 heterocycles. The molecule has 224 valence electrons. The summed E-state index contributed by atoms with van der Waals surface area (Å²) in [6, 6.07) is 13.4. The van der Waals surface area contributed by atoms with Gasteiger partial charge in [-0.25, -0.2) is 0 Å². The second-order valence-electron chi connectivity index (χ2n) is 10.7. The van der Waals surface area contributed by atoms with Crippen molar-refractivity contribution in [3.63, 3.8) is 0 Å². The Morgan fingerprint density at radius 2 is 1.46 bits per heavy atom. The van der Waals surface area contributed by atoms with Gasteiger partial charge in [-0.05, 0) is 43.7 Å². The lowest BCUT2D eigenvalue weighted by Gasteiger charge is -2.15. The number of nitrogens with zero attached hydrogens (tertiary/aromatic N) is 1. The summed E-state index contributed by atoms with van der Waals surface area (Å²) in [7, 11) is 2.02. The van der Waals surface area contributed by atoms with Gasteiger partial charge in [0.25, 0.3) is 5.01 Å². The fourth-order valence-electron chi connectivity index (χ4n) is 4.97. The van der Waals surface area contributed by atoms with E-state index in [-0.39, 0.29) is 30.5 Å². The topological polar surface area (TPSA) is 59.3 Å². The van der Waals surface area contributed by atoms with Crippen molar-refractivity contribution < 1.29 is 31.3 Å². The van der Waals surface area contributed by atoms with Crippen LogP contribution >= 0.6 is 11.3 Å². The Bertz CT molecular complexity index is 1190. The smallest absolute Gasteiger partial charge is 0.268 e. The average Bonchev–Trinajstić information content (AvgIpc) is 3.37. The van der Waals surface area contributed by atoms with Crippen molar-refractivity contribution in [3.8, 4) is 16.3 Å². The minimum atomic E-state index is -0.134. The van der Waals surface area contributed by atoms with E-state index in [1.807, 2.05) is 49.6 Å². The minimum Gasteiger partial charge on any atom is -1.00 e. The number of thiazole rings is 1. The molecule has 0 aliphatic carbocycles. The maximum absolute atomic E-state index is 12.9. The van der Waals surface area contributed by atoms with E-state index in [0.29, 0.717) is 17.9 Å². The fourth-order valence-corrected chi connectivity index (χ4v) is 5.84. The number of para-hydroxylation sites is 1. The van der Waals surface area contributed by atoms with Gasteiger partial charge < -0.3 is 22.5 Å². The zero-order chi connectivity index (χ0) is 28.6. The van der Waals surface area contributed by atoms with Gasteiger partial charge >= 0.3 is 0 Å². The van der Waals surface area contributed by atoms with E-state index in [1.165, 1.54) is 64.2 Å². The number of aromatic nitrogens is 1. The van der Waals surface area contributed by atoms with Crippen molar-refractivity contribution in [1.29, 1.82) is 0 Å². The monoisotopic (exact) mass is 598 g/mol. The summed E-state index contributed by atoms with van der Waals surface area (Å²) < 4.78 is 8.22. The molecule has 41 heavy (non-hydrogen) atoms. The van der Waals surface area contributed by atoms with Crippen LogP contribution in [0.25, 0.3) is 10.6 Å². The number of ether oxygens (including phenoxy) is 1. The maximum Gasteiger partial charge on any atom is 0.268 e. The Morgan fingerprint density at radius 1 is 0.854 bits per heavy atom. The summed E-state index contributed by atoms with van der Waals surface area (Å²) in [5.74, 6) is 0.364. The summed E-state index contributed by atoms with van der Waals surface area (Å²) in [4.78, 5) is 25.2. The van der Waals surface area contributed by atoms with Crippen LogP contribution in [0.4, 0.5) is 5.69 Å². The number of hydrogen-bond acceptors (Lipinski definition) is 4. The number of carbonyl (C=O) groups excluding carboxylic acids is 2. The predicted molar refractivity (Wildman–Crippen MR) is 166 cm³/mol. The van der Waals surface area contributed by atoms with Crippen molar-refractivity contribution >= 4 is 28.7 Å². The Hall–Kier alpha value is -2.70. The average molecular weight is 599 g/mol. The Kier molecular flexibility index (Phi) is 16.3. The second-order valence-corrected chi connectivity index (χ2v) is 11.6. The van der Waals surface area contributed by atoms with Crippen LogP contribution in [0.2, 0.25) is 0 Å². The first-order valence-corrected chi connectivity index (χ1v) is 16.0. The number of benzene rings is 2. The second kappa shape index (κ2) is 19.4. The Labute approximate surface area is 257 Å². The molecule has 3 aromatic rings. The summed E-state index contributed by atoms with van der Waals surface area (Å²) in [6.07, 6.45) is 17.6. The zero-order valence-electron chi connectivity index (χ0n) is 25.1. The largest absolute Gasteiger partial charge is 1.00 e. The lowest BCUT2D eigenvalue weighted by atomic mass is 10.0. The molecule has 0 unspecified atom stereocenters. The zero-order valence-corrected chi connectivity index (χ0v) is 26.6. The highest BCUT2D eigenvalue weighted by atomic mass is 35.5. The number of hydrogen-bond donors (Lipinski definition) is 1. The number of ketones is 1. The molecule has 0 saturated heterocycles. The molecule has 2 aromatic carbocycles. The van der Waals surface area contributed by atoms with Crippen molar-refractivity contribution in [2.45, 2.75) is 97.3 Å². The number of aryl methyl sites for hydroxylation is 1. The number of Topliss-reactive ketones (excluding diaryl/α,β-unsaturated/α-hetero) is 1. The number of anilines is 1. The number of nitrogens with one attached hydrogen (secondary N) is 1. The van der Waals surface area contributed by atoms with Crippen LogP contribution < -0.4 is 27.0 Å². The molecule has 1 N–H and O–H groups in total. The van der Waals surface area contributed by atoms with E-state index in [0.717, 1.165) is 34.7 Å². The van der Waals surface area contributed by atoms with Crippen LogP contribution in [-0.4, -0.2) is 18.3 Å². The van der Waals surface area contributed by atoms with Gasteiger partial charge in [0.2, 0.25) is 5.91 Å². The molecule has 0 spiro atoms. The number of carbonyl (C=O) groups is 2. The molecule has 0 aliphatic heterocycles. The fraction of sp³-hybridized carbons (Fsp3) is 0.500. The predicted octanol–water partition coefficient (Wildman–Crippen LogP) is 5.71. The highest BCUT2D eigenvalue weighted by Gasteiger charge is 2.17. The van der Waals surface area contributed by atoms with Crippen LogP contribution in [0.5, 0.6) is 5.75 Å². The van der Waals surface area contributed by atoms with Crippen LogP contribution in [0.3, 0.4) is 0 Å². The Balaban J connectivity index is 0.00000588. The quantitative estimate of drug-likeness (QED) is 0.109. The van der Waals surface area contributed by atoms with Gasteiger partial charge in [-0.2, -0.15) is 4.57 Å². The molecule has 3 rings (SSSR count). The van der Waals surface area contributed by atoms with Crippen molar-refractivity contribution in [2.24, 2.45) is 7.05 Å². The summed E-state index contributed by atoms with van der Waals surface area (Å²) in [5, 5.41) is 6.20. The van der Waals surface area contributed by atoms with Crippen molar-refractivity contribution in [3.05, 3.63) is 65.2 Å². The maximum atomic E-state index is 12.9. The van der Waals surface area contributed by atoms with E-state index >= 15 is 0 Å². The highest BCUT2D eigenvalue weighted by Crippen LogP contribution is 2.27. The van der Waals surface area contributed by atoms with Gasteiger partial charge in [0.1, 0.15) is 12.8 Å². The molecule has 0 radical (unpaired) electrons. The minimum absolute atomic E-state index is 0. The van der Waals surface area contributed by atoms with E-state index in [9.17, 15) is 9.59 Å². The molecular weight excluding hydrogens is 552 g/mol. The highest BCUT2D eigenvalue weighted by molar-refractivity contribution is 7.12. The molecule has 0 fully saturated rings. The SMILES string of the molecule is CCCCCCCCCCCCCCOc1c(CC(=O)Nc2ccc(-c3scc[n+]3C)cc2)cccc1C(C)=O.[Cl-]. The van der Waals surface area contributed by atoms with Gasteiger partial charge in [0, 0.05) is 11.3 Å². The molecular formula is C34H47ClN2O3S. The standard InChI is InChI=1S/C34H46N2O3S.ClH/c1-4-5-6-7-8-9-10-11-12-13-14-15-24-39-33-29(17-16-18-31(33)27(2)37)26-32(38)35-30-21-19-28(20-22-30)34-36(3)23-25-40-34;/h16-23,25H,4-15,24,26H2,1-3H3;1H. The number of unbranched alkanes of at least 4 members (excludes halogenated alkanes) is 11. The molecule has 0 bridgehead atoms. The molecule has 0 atom stereocenters. The third kappa shape index (κ3) is 12.0. The molecule has 7 heteroatoms. The molecule has 0 aliphatic rings. The van der Waals surface area contributed by atoms with E-state index in [2.05, 4.69) is 22.2 Å². The third-order valence-electron chi connectivity index (χ3n) is 7.27. The first kappa shape index (κ1) is 34.5. The lowest BCUT2D eigenvalue weighted by Crippen LogP contribution is -3.00. The number of rotatable bonds is 19. The summed E-state index contributed by atoms with van der Waals surface area (Å²) in [6.45, 7) is 4.36. The third-order valence-corrected chi connectivity index (χ3v) is 8.28.